The van der Waals surface area contributed by atoms with Crippen molar-refractivity contribution in [3.63, 3.8) is 0 Å². The molecule has 0 spiro atoms. The number of ether oxygens (including phenoxy) is 1. The summed E-state index contributed by atoms with van der Waals surface area (Å²) >= 11 is 2.58. The van der Waals surface area contributed by atoms with Crippen LogP contribution in [0, 0.1) is 0 Å². The van der Waals surface area contributed by atoms with E-state index in [0.717, 1.165) is 5.75 Å². The maximum atomic E-state index is 5.52. The summed E-state index contributed by atoms with van der Waals surface area (Å²) in [4.78, 5) is 0. The van der Waals surface area contributed by atoms with Crippen molar-refractivity contribution in [1.29, 1.82) is 0 Å². The van der Waals surface area contributed by atoms with Crippen LogP contribution in [0.2, 0.25) is 5.28 Å². The fourth-order valence-electron chi connectivity index (χ4n) is 2.22. The Bertz CT molecular complexity index is 458. The zero-order valence-electron chi connectivity index (χ0n) is 13.1. The molecule has 2 nitrogen and oxygen atoms in total. The van der Waals surface area contributed by atoms with Crippen molar-refractivity contribution < 1.29 is 4.74 Å². The first-order valence-corrected chi connectivity index (χ1v) is 7.70. The molecule has 110 valence electrons. The van der Waals surface area contributed by atoms with Gasteiger partial charge in [0.1, 0.15) is 22.0 Å². The molecule has 0 saturated heterocycles. The molecule has 0 atom stereocenters. The predicted molar refractivity (Wildman–Crippen MR) is 92.4 cm³/mol. The minimum absolute atomic E-state index is 0. The highest BCUT2D eigenvalue weighted by molar-refractivity contribution is 6.08. The molecule has 2 radical (unpaired) electrons. The molecular weight excluding hydrogens is 285 g/mol. The Labute approximate surface area is 137 Å². The van der Waals surface area contributed by atoms with Crippen LogP contribution in [0.15, 0.2) is 24.3 Å². The molecular formula is C16H25AlClNO. The largest absolute Gasteiger partial charge is 0.494 e. The monoisotopic (exact) mass is 309 g/mol. The summed E-state index contributed by atoms with van der Waals surface area (Å²) < 4.78 is 5.52. The fraction of sp³-hybridized carbons (Fsp3) is 0.500. The minimum atomic E-state index is 0. The van der Waals surface area contributed by atoms with Crippen molar-refractivity contribution in [2.75, 3.05) is 11.9 Å². The fourth-order valence-corrected chi connectivity index (χ4v) is 2.22. The van der Waals surface area contributed by atoms with E-state index in [2.05, 4.69) is 67.5 Å². The van der Waals surface area contributed by atoms with Gasteiger partial charge in [-0.05, 0) is 51.5 Å². The molecule has 0 aliphatic carbocycles. The summed E-state index contributed by atoms with van der Waals surface area (Å²) in [7, 11) is 0. The molecule has 2 rings (SSSR count). The van der Waals surface area contributed by atoms with Crippen LogP contribution in [0.4, 0.5) is 5.69 Å². The van der Waals surface area contributed by atoms with E-state index >= 15 is 0 Å². The van der Waals surface area contributed by atoms with Gasteiger partial charge in [-0.15, -0.1) is 17.7 Å². The van der Waals surface area contributed by atoms with Crippen LogP contribution >= 0.6 is 12.4 Å². The SMILES string of the molecule is CCOc1ccc2c(c1)C(C)=CC(C)(C)N2.C[CH2][Al].Cl. The number of fused-ring (bicyclic) bond motifs is 1. The van der Waals surface area contributed by atoms with E-state index in [4.69, 9.17) is 4.74 Å². The second-order valence-electron chi connectivity index (χ2n) is 5.22. The average molecular weight is 310 g/mol. The normalized spacial score (nSPS) is 14.6. The van der Waals surface area contributed by atoms with Crippen molar-refractivity contribution >= 4 is 40.0 Å². The second-order valence-corrected chi connectivity index (χ2v) is 6.04. The Morgan fingerprint density at radius 1 is 1.25 bits per heavy atom. The molecule has 0 saturated carbocycles. The van der Waals surface area contributed by atoms with E-state index in [1.165, 1.54) is 22.1 Å². The van der Waals surface area contributed by atoms with E-state index in [1.54, 1.807) is 0 Å². The first-order valence-electron chi connectivity index (χ1n) is 6.88. The average Bonchev–Trinajstić information content (AvgIpc) is 2.30. The molecule has 20 heavy (non-hydrogen) atoms. The van der Waals surface area contributed by atoms with Gasteiger partial charge in [0.25, 0.3) is 0 Å². The van der Waals surface area contributed by atoms with Gasteiger partial charge in [-0.1, -0.05) is 13.0 Å². The highest BCUT2D eigenvalue weighted by atomic mass is 35.5. The lowest BCUT2D eigenvalue weighted by atomic mass is 9.91. The molecule has 1 aromatic carbocycles. The van der Waals surface area contributed by atoms with Crippen LogP contribution in [0.3, 0.4) is 0 Å². The Morgan fingerprint density at radius 3 is 2.40 bits per heavy atom. The molecule has 1 aromatic rings. The van der Waals surface area contributed by atoms with Gasteiger partial charge in [-0.2, -0.15) is 0 Å². The highest BCUT2D eigenvalue weighted by Crippen LogP contribution is 2.35. The Hall–Kier alpha value is -0.618. The van der Waals surface area contributed by atoms with Crippen LogP contribution in [0.25, 0.3) is 5.57 Å². The molecule has 0 bridgehead atoms. The van der Waals surface area contributed by atoms with Crippen molar-refractivity contribution in [2.45, 2.75) is 45.4 Å². The summed E-state index contributed by atoms with van der Waals surface area (Å²) in [5, 5.41) is 4.67. The summed E-state index contributed by atoms with van der Waals surface area (Å²) in [6.07, 6.45) is 2.26. The van der Waals surface area contributed by atoms with Crippen LogP contribution in [-0.2, 0) is 0 Å². The first-order chi connectivity index (χ1) is 8.93. The highest BCUT2D eigenvalue weighted by Gasteiger charge is 2.22. The number of rotatable bonds is 2. The van der Waals surface area contributed by atoms with Gasteiger partial charge in [-0.25, -0.2) is 0 Å². The Kier molecular flexibility index (Phi) is 8.35. The third-order valence-electron chi connectivity index (χ3n) is 2.76. The lowest BCUT2D eigenvalue weighted by Gasteiger charge is -2.31. The summed E-state index contributed by atoms with van der Waals surface area (Å²) in [5.41, 5.74) is 3.77. The third kappa shape index (κ3) is 5.40. The molecule has 1 aliphatic rings. The quantitative estimate of drug-likeness (QED) is 0.799. The van der Waals surface area contributed by atoms with E-state index in [1.807, 2.05) is 13.0 Å². The second kappa shape index (κ2) is 8.62. The third-order valence-corrected chi connectivity index (χ3v) is 2.76. The predicted octanol–water partition coefficient (Wildman–Crippen LogP) is 4.71. The van der Waals surface area contributed by atoms with E-state index in [-0.39, 0.29) is 17.9 Å². The summed E-state index contributed by atoms with van der Waals surface area (Å²) in [5.74, 6) is 0.940. The number of nitrogens with one attached hydrogen (secondary N) is 1. The topological polar surface area (TPSA) is 21.3 Å². The van der Waals surface area contributed by atoms with E-state index in [9.17, 15) is 0 Å². The zero-order valence-corrected chi connectivity index (χ0v) is 15.1. The number of hydrogen-bond acceptors (Lipinski definition) is 2. The molecule has 4 heteroatoms. The number of anilines is 1. The van der Waals surface area contributed by atoms with Crippen LogP contribution in [0.1, 0.15) is 40.2 Å². The van der Waals surface area contributed by atoms with E-state index in [0.29, 0.717) is 6.61 Å². The molecule has 1 aliphatic heterocycles. The van der Waals surface area contributed by atoms with Crippen molar-refractivity contribution in [3.05, 3.63) is 29.8 Å². The van der Waals surface area contributed by atoms with Crippen molar-refractivity contribution in [2.24, 2.45) is 0 Å². The van der Waals surface area contributed by atoms with Gasteiger partial charge in [-0.3, -0.25) is 0 Å². The van der Waals surface area contributed by atoms with Gasteiger partial charge in [0, 0.05) is 11.3 Å². The van der Waals surface area contributed by atoms with E-state index < -0.39 is 0 Å². The van der Waals surface area contributed by atoms with Crippen molar-refractivity contribution in [3.8, 4) is 5.75 Å². The lowest BCUT2D eigenvalue weighted by molar-refractivity contribution is 0.340. The molecule has 1 N–H and O–H groups in total. The Balaban J connectivity index is 0.000000830. The van der Waals surface area contributed by atoms with Crippen molar-refractivity contribution in [1.82, 2.24) is 0 Å². The maximum absolute atomic E-state index is 5.52. The summed E-state index contributed by atoms with van der Waals surface area (Å²) in [6, 6.07) is 6.22. The molecule has 0 fully saturated rings. The maximum Gasteiger partial charge on any atom is 0.120 e. The van der Waals surface area contributed by atoms with Crippen LogP contribution in [0.5, 0.6) is 5.75 Å². The minimum Gasteiger partial charge on any atom is -0.494 e. The van der Waals surface area contributed by atoms with Gasteiger partial charge in [0.05, 0.1) is 12.1 Å². The van der Waals surface area contributed by atoms with Gasteiger partial charge >= 0.3 is 0 Å². The molecule has 0 amide bonds. The smallest absolute Gasteiger partial charge is 0.120 e. The van der Waals surface area contributed by atoms with Crippen LogP contribution in [-0.4, -0.2) is 28.4 Å². The number of benzene rings is 1. The zero-order chi connectivity index (χ0) is 14.5. The molecule has 0 aromatic heterocycles. The molecule has 0 unspecified atom stereocenters. The summed E-state index contributed by atoms with van der Waals surface area (Å²) in [6.45, 7) is 11.3. The number of hydrogen-bond donors (Lipinski definition) is 1. The lowest BCUT2D eigenvalue weighted by Crippen LogP contribution is -2.31. The number of allylic oxidation sites excluding steroid dienone is 1. The van der Waals surface area contributed by atoms with Crippen LogP contribution < -0.4 is 10.1 Å². The van der Waals surface area contributed by atoms with Gasteiger partial charge < -0.3 is 10.1 Å². The number of halogens is 1. The molecule has 1 heterocycles. The van der Waals surface area contributed by atoms with Gasteiger partial charge in [0.2, 0.25) is 0 Å². The Morgan fingerprint density at radius 2 is 1.85 bits per heavy atom. The van der Waals surface area contributed by atoms with Gasteiger partial charge in [0.15, 0.2) is 0 Å². The first kappa shape index (κ1) is 19.4. The standard InChI is InChI=1S/C14H19NO.C2H5.Al.ClH/c1-5-16-11-6-7-13-12(8-11)10(2)9-14(3,4)15-13;1-2;;/h6-9,15H,5H2,1-4H3;1H2,2H3;;1H.